The Hall–Kier alpha value is -0.540. The number of halogens is 2. The lowest BCUT2D eigenvalue weighted by Crippen LogP contribution is -2.59. The molecule has 1 aromatic rings. The lowest BCUT2D eigenvalue weighted by Gasteiger charge is -2.56. The van der Waals surface area contributed by atoms with Crippen molar-refractivity contribution < 1.29 is 4.79 Å². The van der Waals surface area contributed by atoms with E-state index < -0.39 is 0 Å². The lowest BCUT2D eigenvalue weighted by molar-refractivity contribution is -0.0167. The predicted octanol–water partition coefficient (Wildman–Crippen LogP) is 4.80. The SMILES string of the molecule is O=C(NC12CC3CC(CC(C3)C1)C2)c1ccc(Cl)c(Br)c1. The number of hydrogen-bond acceptors (Lipinski definition) is 1. The minimum absolute atomic E-state index is 0.0503. The van der Waals surface area contributed by atoms with Crippen molar-refractivity contribution in [1.82, 2.24) is 5.32 Å². The number of carbonyl (C=O) groups is 1. The maximum Gasteiger partial charge on any atom is 0.251 e. The van der Waals surface area contributed by atoms with Gasteiger partial charge in [-0.3, -0.25) is 4.79 Å². The molecule has 0 aromatic heterocycles. The van der Waals surface area contributed by atoms with Crippen molar-refractivity contribution in [2.75, 3.05) is 0 Å². The van der Waals surface area contributed by atoms with Gasteiger partial charge in [0.2, 0.25) is 0 Å². The van der Waals surface area contributed by atoms with E-state index in [-0.39, 0.29) is 11.4 Å². The van der Waals surface area contributed by atoms with Gasteiger partial charge in [0.1, 0.15) is 0 Å². The van der Waals surface area contributed by atoms with Crippen LogP contribution in [0.3, 0.4) is 0 Å². The van der Waals surface area contributed by atoms with Gasteiger partial charge in [0, 0.05) is 15.6 Å². The smallest absolute Gasteiger partial charge is 0.251 e. The molecule has 0 saturated heterocycles. The van der Waals surface area contributed by atoms with Crippen molar-refractivity contribution in [3.8, 4) is 0 Å². The number of rotatable bonds is 2. The molecule has 0 radical (unpaired) electrons. The maximum atomic E-state index is 12.6. The van der Waals surface area contributed by atoms with Crippen molar-refractivity contribution >= 4 is 33.4 Å². The van der Waals surface area contributed by atoms with Crippen LogP contribution in [0.4, 0.5) is 0 Å². The second-order valence-corrected chi connectivity index (χ2v) is 8.54. The maximum absolute atomic E-state index is 12.6. The van der Waals surface area contributed by atoms with Gasteiger partial charge in [0.15, 0.2) is 0 Å². The molecule has 21 heavy (non-hydrogen) atoms. The Bertz CT molecular complexity index is 565. The highest BCUT2D eigenvalue weighted by Crippen LogP contribution is 2.55. The second-order valence-electron chi connectivity index (χ2n) is 7.28. The van der Waals surface area contributed by atoms with Crippen molar-refractivity contribution in [3.05, 3.63) is 33.3 Å². The summed E-state index contributed by atoms with van der Waals surface area (Å²) >= 11 is 9.40. The molecule has 0 spiro atoms. The molecule has 4 saturated carbocycles. The summed E-state index contributed by atoms with van der Waals surface area (Å²) in [6.07, 6.45) is 7.71. The Morgan fingerprint density at radius 2 is 1.71 bits per heavy atom. The van der Waals surface area contributed by atoms with Gasteiger partial charge in [0.25, 0.3) is 5.91 Å². The van der Waals surface area contributed by atoms with Crippen molar-refractivity contribution in [2.45, 2.75) is 44.1 Å². The van der Waals surface area contributed by atoms with Gasteiger partial charge >= 0.3 is 0 Å². The first-order valence-corrected chi connectivity index (χ1v) is 8.98. The molecule has 4 fully saturated rings. The molecule has 1 amide bonds. The summed E-state index contributed by atoms with van der Waals surface area (Å²) < 4.78 is 0.780. The van der Waals surface area contributed by atoms with Crippen LogP contribution in [0, 0.1) is 17.8 Å². The van der Waals surface area contributed by atoms with Crippen LogP contribution < -0.4 is 5.32 Å². The average molecular weight is 369 g/mol. The predicted molar refractivity (Wildman–Crippen MR) is 87.5 cm³/mol. The summed E-state index contributed by atoms with van der Waals surface area (Å²) in [6.45, 7) is 0. The van der Waals surface area contributed by atoms with Crippen molar-refractivity contribution in [2.24, 2.45) is 17.8 Å². The van der Waals surface area contributed by atoms with Crippen molar-refractivity contribution in [3.63, 3.8) is 0 Å². The molecule has 4 aliphatic rings. The van der Waals surface area contributed by atoms with E-state index in [9.17, 15) is 4.79 Å². The fraction of sp³-hybridized carbons (Fsp3) is 0.588. The minimum Gasteiger partial charge on any atom is -0.347 e. The zero-order valence-corrected chi connectivity index (χ0v) is 14.2. The summed E-state index contributed by atoms with van der Waals surface area (Å²) in [6, 6.07) is 5.40. The molecular weight excluding hydrogens is 350 g/mol. The van der Waals surface area contributed by atoms with E-state index in [2.05, 4.69) is 21.2 Å². The molecule has 5 rings (SSSR count). The quantitative estimate of drug-likeness (QED) is 0.798. The lowest BCUT2D eigenvalue weighted by atomic mass is 9.53. The van der Waals surface area contributed by atoms with Gasteiger partial charge in [-0.15, -0.1) is 0 Å². The summed E-state index contributed by atoms with van der Waals surface area (Å²) in [5.41, 5.74) is 0.764. The average Bonchev–Trinajstić information content (AvgIpc) is 2.39. The number of amides is 1. The summed E-state index contributed by atoms with van der Waals surface area (Å²) in [5.74, 6) is 2.57. The number of nitrogens with one attached hydrogen (secondary N) is 1. The fourth-order valence-corrected chi connectivity index (χ4v) is 5.71. The van der Waals surface area contributed by atoms with Gasteiger partial charge in [-0.2, -0.15) is 0 Å². The largest absolute Gasteiger partial charge is 0.347 e. The fourth-order valence-electron chi connectivity index (χ4n) is 5.21. The third kappa shape index (κ3) is 2.53. The van der Waals surface area contributed by atoms with Crippen LogP contribution in [0.15, 0.2) is 22.7 Å². The summed E-state index contributed by atoms with van der Waals surface area (Å²) in [4.78, 5) is 12.6. The minimum atomic E-state index is 0.0503. The molecule has 4 bridgehead atoms. The van der Waals surface area contributed by atoms with Crippen LogP contribution in [-0.4, -0.2) is 11.4 Å². The Morgan fingerprint density at radius 1 is 1.14 bits per heavy atom. The normalized spacial score (nSPS) is 36.8. The van der Waals surface area contributed by atoms with Gasteiger partial charge < -0.3 is 5.32 Å². The summed E-state index contributed by atoms with van der Waals surface area (Å²) in [5, 5.41) is 4.02. The highest BCUT2D eigenvalue weighted by molar-refractivity contribution is 9.10. The Labute approximate surface area is 138 Å². The summed E-state index contributed by atoms with van der Waals surface area (Å²) in [7, 11) is 0. The van der Waals surface area contributed by atoms with E-state index in [4.69, 9.17) is 11.6 Å². The zero-order chi connectivity index (χ0) is 14.6. The highest BCUT2D eigenvalue weighted by Gasteiger charge is 2.51. The van der Waals surface area contributed by atoms with Crippen LogP contribution >= 0.6 is 27.5 Å². The van der Waals surface area contributed by atoms with E-state index in [1.165, 1.54) is 38.5 Å². The van der Waals surface area contributed by atoms with Crippen LogP contribution in [0.25, 0.3) is 0 Å². The molecule has 4 aliphatic carbocycles. The van der Waals surface area contributed by atoms with Crippen LogP contribution in [0.2, 0.25) is 5.02 Å². The van der Waals surface area contributed by atoms with E-state index in [0.717, 1.165) is 22.2 Å². The molecule has 0 heterocycles. The number of carbonyl (C=O) groups excluding carboxylic acids is 1. The Balaban J connectivity index is 1.55. The number of benzene rings is 1. The molecule has 112 valence electrons. The third-order valence-corrected chi connectivity index (χ3v) is 6.81. The third-order valence-electron chi connectivity index (χ3n) is 5.60. The molecule has 1 aromatic carbocycles. The Kier molecular flexibility index (Phi) is 3.34. The van der Waals surface area contributed by atoms with Crippen LogP contribution in [0.5, 0.6) is 0 Å². The van der Waals surface area contributed by atoms with Gasteiger partial charge in [-0.05, 0) is 90.4 Å². The molecular formula is C17H19BrClNO. The molecule has 2 nitrogen and oxygen atoms in total. The standard InChI is InChI=1S/C17H19BrClNO/c18-14-6-13(1-2-15(14)19)16(21)20-17-7-10-3-11(8-17)5-12(4-10)9-17/h1-2,6,10-12H,3-5,7-9H2,(H,20,21). The molecule has 1 N–H and O–H groups in total. The highest BCUT2D eigenvalue weighted by atomic mass is 79.9. The first-order valence-electron chi connectivity index (χ1n) is 7.81. The van der Waals surface area contributed by atoms with Crippen LogP contribution in [0.1, 0.15) is 48.9 Å². The number of hydrogen-bond donors (Lipinski definition) is 1. The topological polar surface area (TPSA) is 29.1 Å². The first kappa shape index (κ1) is 14.1. The molecule has 4 heteroatoms. The van der Waals surface area contributed by atoms with Crippen molar-refractivity contribution in [1.29, 1.82) is 0 Å². The van der Waals surface area contributed by atoms with E-state index in [0.29, 0.717) is 10.6 Å². The zero-order valence-electron chi connectivity index (χ0n) is 11.9. The van der Waals surface area contributed by atoms with Gasteiger partial charge in [-0.25, -0.2) is 0 Å². The Morgan fingerprint density at radius 3 is 2.24 bits per heavy atom. The van der Waals surface area contributed by atoms with Gasteiger partial charge in [-0.1, -0.05) is 11.6 Å². The molecule has 0 aliphatic heterocycles. The van der Waals surface area contributed by atoms with Crippen LogP contribution in [-0.2, 0) is 0 Å². The van der Waals surface area contributed by atoms with E-state index in [1.54, 1.807) is 6.07 Å². The first-order chi connectivity index (χ1) is 10.0. The monoisotopic (exact) mass is 367 g/mol. The van der Waals surface area contributed by atoms with E-state index >= 15 is 0 Å². The molecule has 0 unspecified atom stereocenters. The second kappa shape index (κ2) is 4.99. The van der Waals surface area contributed by atoms with Gasteiger partial charge in [0.05, 0.1) is 5.02 Å². The van der Waals surface area contributed by atoms with E-state index in [1.807, 2.05) is 12.1 Å². The molecule has 0 atom stereocenters.